The van der Waals surface area contributed by atoms with Crippen LogP contribution in [-0.2, 0) is 12.8 Å². The van der Waals surface area contributed by atoms with Crippen LogP contribution in [0.15, 0.2) is 48.5 Å². The van der Waals surface area contributed by atoms with Crippen LogP contribution in [0.5, 0.6) is 0 Å². The van der Waals surface area contributed by atoms with Crippen molar-refractivity contribution in [3.05, 3.63) is 70.8 Å². The van der Waals surface area contributed by atoms with Gasteiger partial charge in [0.15, 0.2) is 6.29 Å². The molecule has 0 fully saturated rings. The molecule has 0 atom stereocenters. The maximum atomic E-state index is 11.4. The van der Waals surface area contributed by atoms with E-state index in [4.69, 9.17) is 0 Å². The van der Waals surface area contributed by atoms with Crippen LogP contribution in [0.1, 0.15) is 27.0 Å². The van der Waals surface area contributed by atoms with E-state index in [1.54, 1.807) is 0 Å². The van der Waals surface area contributed by atoms with Crippen molar-refractivity contribution in [2.75, 3.05) is 0 Å². The summed E-state index contributed by atoms with van der Waals surface area (Å²) in [6.45, 7) is 2.07. The summed E-state index contributed by atoms with van der Waals surface area (Å²) < 4.78 is 0. The van der Waals surface area contributed by atoms with E-state index >= 15 is 0 Å². The first-order valence-corrected chi connectivity index (χ1v) is 7.37. The molecule has 0 unspecified atom stereocenters. The number of aldehydes is 1. The molecule has 0 aliphatic heterocycles. The van der Waals surface area contributed by atoms with Crippen LogP contribution in [0.4, 0.5) is 0 Å². The Balaban J connectivity index is 2.09. The monoisotopic (exact) mass is 272 g/mol. The van der Waals surface area contributed by atoms with Gasteiger partial charge >= 0.3 is 0 Å². The third-order valence-corrected chi connectivity index (χ3v) is 4.50. The van der Waals surface area contributed by atoms with Crippen LogP contribution in [-0.4, -0.2) is 6.29 Å². The lowest BCUT2D eigenvalue weighted by Crippen LogP contribution is -1.91. The number of carbonyl (C=O) groups is 1. The fourth-order valence-electron chi connectivity index (χ4n) is 3.49. The Kier molecular flexibility index (Phi) is 2.68. The van der Waals surface area contributed by atoms with E-state index in [1.807, 2.05) is 12.1 Å². The zero-order valence-corrected chi connectivity index (χ0v) is 12.0. The molecule has 0 radical (unpaired) electrons. The summed E-state index contributed by atoms with van der Waals surface area (Å²) in [5.41, 5.74) is 7.02. The van der Waals surface area contributed by atoms with Gasteiger partial charge in [0, 0.05) is 5.56 Å². The van der Waals surface area contributed by atoms with Gasteiger partial charge in [-0.1, -0.05) is 54.1 Å². The maximum Gasteiger partial charge on any atom is 0.150 e. The third kappa shape index (κ3) is 1.81. The van der Waals surface area contributed by atoms with Crippen molar-refractivity contribution >= 4 is 17.1 Å². The topological polar surface area (TPSA) is 17.1 Å². The van der Waals surface area contributed by atoms with E-state index < -0.39 is 0 Å². The number of carbonyl (C=O) groups excluding carboxylic acids is 1. The van der Waals surface area contributed by atoms with Gasteiger partial charge in [-0.05, 0) is 52.8 Å². The minimum absolute atomic E-state index is 0.763. The van der Waals surface area contributed by atoms with Crippen molar-refractivity contribution in [2.45, 2.75) is 19.8 Å². The van der Waals surface area contributed by atoms with E-state index in [9.17, 15) is 4.79 Å². The Hall–Kier alpha value is -2.41. The molecule has 21 heavy (non-hydrogen) atoms. The average molecular weight is 272 g/mol. The molecule has 3 aromatic rings. The van der Waals surface area contributed by atoms with Crippen molar-refractivity contribution in [1.82, 2.24) is 0 Å². The molecule has 1 aliphatic rings. The molecule has 0 amide bonds. The molecule has 0 spiro atoms. The van der Waals surface area contributed by atoms with Gasteiger partial charge < -0.3 is 0 Å². The van der Waals surface area contributed by atoms with Crippen molar-refractivity contribution in [1.29, 1.82) is 0 Å². The Labute approximate surface area is 124 Å². The van der Waals surface area contributed by atoms with Crippen LogP contribution in [0.2, 0.25) is 0 Å². The Bertz CT molecular complexity index is 864. The van der Waals surface area contributed by atoms with Gasteiger partial charge in [-0.2, -0.15) is 0 Å². The summed E-state index contributed by atoms with van der Waals surface area (Å²) in [7, 11) is 0. The summed E-state index contributed by atoms with van der Waals surface area (Å²) in [6.07, 6.45) is 3.22. The summed E-state index contributed by atoms with van der Waals surface area (Å²) in [5.74, 6) is 0. The highest BCUT2D eigenvalue weighted by atomic mass is 16.1. The van der Waals surface area contributed by atoms with Gasteiger partial charge in [0.2, 0.25) is 0 Å². The van der Waals surface area contributed by atoms with E-state index in [2.05, 4.69) is 43.3 Å². The predicted molar refractivity (Wildman–Crippen MR) is 86.9 cm³/mol. The van der Waals surface area contributed by atoms with Gasteiger partial charge in [0.05, 0.1) is 0 Å². The SMILES string of the molecule is Cc1ccc(C=O)c(-c2ccc3c4c(cccc24)CC3)c1. The number of benzene rings is 3. The molecule has 1 aliphatic carbocycles. The van der Waals surface area contributed by atoms with Gasteiger partial charge in [0.1, 0.15) is 0 Å². The molecular weight excluding hydrogens is 256 g/mol. The normalized spacial score (nSPS) is 12.8. The Morgan fingerprint density at radius 3 is 2.52 bits per heavy atom. The fraction of sp³-hybridized carbons (Fsp3) is 0.150. The number of aryl methyl sites for hydroxylation is 3. The fourth-order valence-corrected chi connectivity index (χ4v) is 3.49. The molecule has 1 nitrogen and oxygen atoms in total. The molecule has 0 saturated heterocycles. The predicted octanol–water partition coefficient (Wildman–Crippen LogP) is 4.73. The molecule has 4 rings (SSSR count). The van der Waals surface area contributed by atoms with Crippen LogP contribution >= 0.6 is 0 Å². The standard InChI is InChI=1S/C20H16O/c1-13-5-6-16(12-21)19(11-13)17-10-9-15-8-7-14-3-2-4-18(17)20(14)15/h2-6,9-12H,7-8H2,1H3. The van der Waals surface area contributed by atoms with Crippen molar-refractivity contribution in [2.24, 2.45) is 0 Å². The molecule has 0 bridgehead atoms. The van der Waals surface area contributed by atoms with Crippen LogP contribution < -0.4 is 0 Å². The largest absolute Gasteiger partial charge is 0.298 e. The minimum Gasteiger partial charge on any atom is -0.298 e. The second kappa shape index (κ2) is 4.56. The number of rotatable bonds is 2. The van der Waals surface area contributed by atoms with E-state index in [1.165, 1.54) is 33.0 Å². The molecule has 102 valence electrons. The first kappa shape index (κ1) is 12.3. The molecular formula is C20H16O. The van der Waals surface area contributed by atoms with E-state index in [-0.39, 0.29) is 0 Å². The lowest BCUT2D eigenvalue weighted by Gasteiger charge is -2.12. The first-order valence-electron chi connectivity index (χ1n) is 7.37. The second-order valence-corrected chi connectivity index (χ2v) is 5.82. The zero-order chi connectivity index (χ0) is 14.4. The highest BCUT2D eigenvalue weighted by Crippen LogP contribution is 2.38. The molecule has 0 saturated carbocycles. The molecule has 3 aromatic carbocycles. The van der Waals surface area contributed by atoms with Gasteiger partial charge in [-0.3, -0.25) is 4.79 Å². The van der Waals surface area contributed by atoms with Crippen molar-refractivity contribution in [3.8, 4) is 11.1 Å². The maximum absolute atomic E-state index is 11.4. The molecule has 1 heteroatoms. The summed E-state index contributed by atoms with van der Waals surface area (Å²) in [6, 6.07) is 17.0. The highest BCUT2D eigenvalue weighted by molar-refractivity contribution is 6.04. The lowest BCUT2D eigenvalue weighted by molar-refractivity contribution is 0.112. The van der Waals surface area contributed by atoms with Crippen LogP contribution in [0, 0.1) is 6.92 Å². The summed E-state index contributed by atoms with van der Waals surface area (Å²) >= 11 is 0. The number of hydrogen-bond acceptors (Lipinski definition) is 1. The van der Waals surface area contributed by atoms with Crippen LogP contribution in [0.25, 0.3) is 21.9 Å². The number of hydrogen-bond donors (Lipinski definition) is 0. The molecule has 0 heterocycles. The second-order valence-electron chi connectivity index (χ2n) is 5.82. The quantitative estimate of drug-likeness (QED) is 0.616. The van der Waals surface area contributed by atoms with Crippen molar-refractivity contribution in [3.63, 3.8) is 0 Å². The summed E-state index contributed by atoms with van der Waals surface area (Å²) in [5, 5.41) is 2.67. The van der Waals surface area contributed by atoms with Crippen molar-refractivity contribution < 1.29 is 4.79 Å². The van der Waals surface area contributed by atoms with Gasteiger partial charge in [-0.15, -0.1) is 0 Å². The molecule has 0 N–H and O–H groups in total. The highest BCUT2D eigenvalue weighted by Gasteiger charge is 2.17. The van der Waals surface area contributed by atoms with Gasteiger partial charge in [0.25, 0.3) is 0 Å². The smallest absolute Gasteiger partial charge is 0.150 e. The Morgan fingerprint density at radius 2 is 1.71 bits per heavy atom. The average Bonchev–Trinajstić information content (AvgIpc) is 2.93. The summed E-state index contributed by atoms with van der Waals surface area (Å²) in [4.78, 5) is 11.4. The molecule has 0 aromatic heterocycles. The van der Waals surface area contributed by atoms with E-state index in [0.29, 0.717) is 0 Å². The third-order valence-electron chi connectivity index (χ3n) is 4.50. The van der Waals surface area contributed by atoms with Crippen LogP contribution in [0.3, 0.4) is 0 Å². The first-order chi connectivity index (χ1) is 10.3. The van der Waals surface area contributed by atoms with Gasteiger partial charge in [-0.25, -0.2) is 0 Å². The Morgan fingerprint density at radius 1 is 0.905 bits per heavy atom. The lowest BCUT2D eigenvalue weighted by atomic mass is 9.92. The van der Waals surface area contributed by atoms with E-state index in [0.717, 1.165) is 30.3 Å². The minimum atomic E-state index is 0.763. The zero-order valence-electron chi connectivity index (χ0n) is 12.0.